The van der Waals surface area contributed by atoms with E-state index in [0.717, 1.165) is 29.9 Å². The standard InChI is InChI=1S/C21H26N6O3S/c1-21(13-22-10-11-30-21)14-25-20-19-18(23-8-9-24-19)12-17(26-20)15-4-6-16(7-5-15)27(2)31(3,28)29/h4-9,12,22H,10-11,13-14H2,1-3H3,(H,25,26). The van der Waals surface area contributed by atoms with Crippen molar-refractivity contribution in [2.75, 3.05) is 49.2 Å². The molecule has 1 atom stereocenters. The Morgan fingerprint density at radius 1 is 1.23 bits per heavy atom. The zero-order valence-corrected chi connectivity index (χ0v) is 18.6. The zero-order valence-electron chi connectivity index (χ0n) is 17.8. The number of anilines is 2. The highest BCUT2D eigenvalue weighted by atomic mass is 32.2. The SMILES string of the molecule is CN(c1ccc(-c2cc3nccnc3c(NCC3(C)CNCCO3)n2)cc1)S(C)(=O)=O. The Hall–Kier alpha value is -2.82. The molecular weight excluding hydrogens is 416 g/mol. The Bertz CT molecular complexity index is 1180. The lowest BCUT2D eigenvalue weighted by Gasteiger charge is -2.34. The predicted molar refractivity (Wildman–Crippen MR) is 122 cm³/mol. The lowest BCUT2D eigenvalue weighted by Crippen LogP contribution is -2.51. The molecule has 10 heteroatoms. The summed E-state index contributed by atoms with van der Waals surface area (Å²) in [5.41, 5.74) is 3.22. The van der Waals surface area contributed by atoms with E-state index in [9.17, 15) is 8.42 Å². The molecule has 1 fully saturated rings. The molecule has 1 saturated heterocycles. The van der Waals surface area contributed by atoms with E-state index in [-0.39, 0.29) is 5.60 Å². The molecule has 2 N–H and O–H groups in total. The van der Waals surface area contributed by atoms with Crippen molar-refractivity contribution in [3.63, 3.8) is 0 Å². The maximum absolute atomic E-state index is 11.8. The molecule has 1 aliphatic rings. The number of hydrogen-bond acceptors (Lipinski definition) is 8. The first-order valence-electron chi connectivity index (χ1n) is 10.00. The van der Waals surface area contributed by atoms with Gasteiger partial charge < -0.3 is 15.4 Å². The molecule has 164 valence electrons. The number of morpholine rings is 1. The van der Waals surface area contributed by atoms with Crippen molar-refractivity contribution in [3.8, 4) is 11.3 Å². The van der Waals surface area contributed by atoms with E-state index in [1.165, 1.54) is 17.6 Å². The molecule has 2 aromatic heterocycles. The van der Waals surface area contributed by atoms with Crippen LogP contribution in [0, 0.1) is 0 Å². The van der Waals surface area contributed by atoms with Crippen LogP contribution in [0.3, 0.4) is 0 Å². The van der Waals surface area contributed by atoms with Crippen LogP contribution >= 0.6 is 0 Å². The van der Waals surface area contributed by atoms with Gasteiger partial charge in [-0.2, -0.15) is 0 Å². The largest absolute Gasteiger partial charge is 0.371 e. The Morgan fingerprint density at radius 2 is 1.97 bits per heavy atom. The molecular formula is C21H26N6O3S. The second-order valence-corrected chi connectivity index (χ2v) is 9.90. The van der Waals surface area contributed by atoms with Crippen molar-refractivity contribution >= 4 is 32.6 Å². The fourth-order valence-corrected chi connectivity index (χ4v) is 3.94. The third-order valence-corrected chi connectivity index (χ3v) is 6.54. The van der Waals surface area contributed by atoms with E-state index in [1.54, 1.807) is 24.5 Å². The van der Waals surface area contributed by atoms with Gasteiger partial charge in [0, 0.05) is 44.6 Å². The highest BCUT2D eigenvalue weighted by Gasteiger charge is 2.28. The summed E-state index contributed by atoms with van der Waals surface area (Å²) in [5.74, 6) is 0.633. The molecule has 0 spiro atoms. The van der Waals surface area contributed by atoms with Gasteiger partial charge in [-0.15, -0.1) is 0 Å². The minimum absolute atomic E-state index is 0.345. The van der Waals surface area contributed by atoms with Crippen molar-refractivity contribution in [2.24, 2.45) is 0 Å². The van der Waals surface area contributed by atoms with E-state index in [0.29, 0.717) is 30.2 Å². The normalized spacial score (nSPS) is 19.3. The molecule has 3 aromatic rings. The summed E-state index contributed by atoms with van der Waals surface area (Å²) >= 11 is 0. The van der Waals surface area contributed by atoms with Gasteiger partial charge in [0.2, 0.25) is 10.0 Å². The lowest BCUT2D eigenvalue weighted by atomic mass is 10.1. The summed E-state index contributed by atoms with van der Waals surface area (Å²) in [6.07, 6.45) is 4.47. The van der Waals surface area contributed by atoms with Gasteiger partial charge in [-0.05, 0) is 25.1 Å². The zero-order chi connectivity index (χ0) is 22.1. The fourth-order valence-electron chi connectivity index (χ4n) is 3.43. The second-order valence-electron chi connectivity index (χ2n) is 7.89. The van der Waals surface area contributed by atoms with E-state index in [1.807, 2.05) is 18.2 Å². The van der Waals surface area contributed by atoms with Crippen molar-refractivity contribution in [1.29, 1.82) is 0 Å². The number of pyridine rings is 1. The summed E-state index contributed by atoms with van der Waals surface area (Å²) in [5, 5.41) is 6.74. The molecule has 0 radical (unpaired) electrons. The van der Waals surface area contributed by atoms with Crippen LogP contribution in [0.5, 0.6) is 0 Å². The molecule has 4 rings (SSSR count). The van der Waals surface area contributed by atoms with Crippen LogP contribution in [-0.4, -0.2) is 68.5 Å². The predicted octanol–water partition coefficient (Wildman–Crippen LogP) is 1.88. The summed E-state index contributed by atoms with van der Waals surface area (Å²) < 4.78 is 30.7. The molecule has 0 bridgehead atoms. The Kier molecular flexibility index (Phi) is 5.78. The number of rotatable bonds is 6. The average molecular weight is 443 g/mol. The maximum Gasteiger partial charge on any atom is 0.231 e. The highest BCUT2D eigenvalue weighted by molar-refractivity contribution is 7.92. The van der Waals surface area contributed by atoms with Crippen LogP contribution in [0.1, 0.15) is 6.92 Å². The number of ether oxygens (including phenoxy) is 1. The minimum Gasteiger partial charge on any atom is -0.371 e. The Morgan fingerprint density at radius 3 is 2.65 bits per heavy atom. The monoisotopic (exact) mass is 442 g/mol. The highest BCUT2D eigenvalue weighted by Crippen LogP contribution is 2.28. The van der Waals surface area contributed by atoms with E-state index in [2.05, 4.69) is 27.5 Å². The maximum atomic E-state index is 11.8. The number of fused-ring (bicyclic) bond motifs is 1. The second kappa shape index (κ2) is 8.37. The summed E-state index contributed by atoms with van der Waals surface area (Å²) in [7, 11) is -1.79. The Labute approximate surface area is 181 Å². The van der Waals surface area contributed by atoms with Crippen LogP contribution in [0.2, 0.25) is 0 Å². The van der Waals surface area contributed by atoms with Crippen molar-refractivity contribution in [1.82, 2.24) is 20.3 Å². The van der Waals surface area contributed by atoms with Gasteiger partial charge in [0.25, 0.3) is 0 Å². The molecule has 1 unspecified atom stereocenters. The van der Waals surface area contributed by atoms with Gasteiger partial charge in [-0.3, -0.25) is 9.29 Å². The van der Waals surface area contributed by atoms with Crippen molar-refractivity contribution < 1.29 is 13.2 Å². The quantitative estimate of drug-likeness (QED) is 0.596. The number of benzene rings is 1. The van der Waals surface area contributed by atoms with Crippen molar-refractivity contribution in [3.05, 3.63) is 42.7 Å². The first-order valence-corrected chi connectivity index (χ1v) is 11.8. The first-order chi connectivity index (χ1) is 14.8. The summed E-state index contributed by atoms with van der Waals surface area (Å²) in [6.45, 7) is 4.89. The molecule has 3 heterocycles. The van der Waals surface area contributed by atoms with Crippen LogP contribution < -0.4 is 14.9 Å². The average Bonchev–Trinajstić information content (AvgIpc) is 2.77. The minimum atomic E-state index is -3.32. The van der Waals surface area contributed by atoms with Crippen LogP contribution in [-0.2, 0) is 14.8 Å². The van der Waals surface area contributed by atoms with Crippen molar-refractivity contribution in [2.45, 2.75) is 12.5 Å². The third kappa shape index (κ3) is 4.76. The molecule has 0 amide bonds. The lowest BCUT2D eigenvalue weighted by molar-refractivity contribution is -0.0425. The summed E-state index contributed by atoms with van der Waals surface area (Å²) in [4.78, 5) is 13.7. The number of nitrogens with zero attached hydrogens (tertiary/aromatic N) is 4. The van der Waals surface area contributed by atoms with E-state index in [4.69, 9.17) is 9.72 Å². The first kappa shape index (κ1) is 21.4. The molecule has 1 aromatic carbocycles. The number of nitrogens with one attached hydrogen (secondary N) is 2. The van der Waals surface area contributed by atoms with Gasteiger partial charge in [-0.1, -0.05) is 12.1 Å². The fraction of sp³-hybridized carbons (Fsp3) is 0.381. The van der Waals surface area contributed by atoms with Gasteiger partial charge in [0.15, 0.2) is 5.82 Å². The van der Waals surface area contributed by atoms with Crippen LogP contribution in [0.4, 0.5) is 11.5 Å². The molecule has 0 aliphatic carbocycles. The molecule has 0 saturated carbocycles. The molecule has 1 aliphatic heterocycles. The van der Waals surface area contributed by atoms with Gasteiger partial charge in [-0.25, -0.2) is 18.4 Å². The number of sulfonamides is 1. The molecule has 31 heavy (non-hydrogen) atoms. The van der Waals surface area contributed by atoms with Gasteiger partial charge in [0.1, 0.15) is 5.52 Å². The van der Waals surface area contributed by atoms with Crippen LogP contribution in [0.25, 0.3) is 22.3 Å². The third-order valence-electron chi connectivity index (χ3n) is 5.34. The van der Waals surface area contributed by atoms with E-state index < -0.39 is 10.0 Å². The van der Waals surface area contributed by atoms with Gasteiger partial charge >= 0.3 is 0 Å². The smallest absolute Gasteiger partial charge is 0.231 e. The number of hydrogen-bond donors (Lipinski definition) is 2. The van der Waals surface area contributed by atoms with Crippen LogP contribution in [0.15, 0.2) is 42.7 Å². The van der Waals surface area contributed by atoms with E-state index >= 15 is 0 Å². The number of aromatic nitrogens is 3. The Balaban J connectivity index is 1.66. The van der Waals surface area contributed by atoms with Gasteiger partial charge in [0.05, 0.1) is 35.4 Å². The topological polar surface area (TPSA) is 109 Å². The summed E-state index contributed by atoms with van der Waals surface area (Å²) in [6, 6.07) is 9.09. The molecule has 9 nitrogen and oxygen atoms in total.